The highest BCUT2D eigenvalue weighted by atomic mass is 32.2. The van der Waals surface area contributed by atoms with E-state index >= 15 is 8.78 Å². The van der Waals surface area contributed by atoms with E-state index in [9.17, 15) is 23.1 Å². The summed E-state index contributed by atoms with van der Waals surface area (Å²) >= 11 is 0. The van der Waals surface area contributed by atoms with Crippen LogP contribution >= 0.6 is 0 Å². The maximum atomic E-state index is 16.2. The van der Waals surface area contributed by atoms with Crippen molar-refractivity contribution in [2.75, 3.05) is 31.1 Å². The van der Waals surface area contributed by atoms with Gasteiger partial charge in [-0.1, -0.05) is 39.0 Å². The highest BCUT2D eigenvalue weighted by Gasteiger charge is 2.33. The van der Waals surface area contributed by atoms with Crippen LogP contribution in [0.1, 0.15) is 49.9 Å². The van der Waals surface area contributed by atoms with Gasteiger partial charge in [-0.15, -0.1) is 0 Å². The fraction of sp³-hybridized carbons (Fsp3) is 0.324. The summed E-state index contributed by atoms with van der Waals surface area (Å²) in [6.45, 7) is 7.97. The van der Waals surface area contributed by atoms with E-state index in [4.69, 9.17) is 9.88 Å². The van der Waals surface area contributed by atoms with E-state index in [2.05, 4.69) is 15.0 Å². The molecule has 4 heterocycles. The molecule has 1 aliphatic heterocycles. The van der Waals surface area contributed by atoms with Gasteiger partial charge in [0.05, 0.1) is 46.5 Å². The Balaban J connectivity index is 1.52. The number of primary sulfonamides is 1. The third kappa shape index (κ3) is 7.47. The molecule has 0 bridgehead atoms. The smallest absolute Gasteiger partial charge is 0.355 e. The number of hydrogen-bond acceptors (Lipinski definition) is 10. The number of nitrogens with zero attached hydrogens (tertiary/aromatic N) is 6. The Morgan fingerprint density at radius 1 is 1.08 bits per heavy atom. The topological polar surface area (TPSA) is 174 Å². The molecule has 0 spiro atoms. The van der Waals surface area contributed by atoms with Crippen LogP contribution in [0, 0.1) is 18.6 Å². The Morgan fingerprint density at radius 3 is 2.53 bits per heavy atom. The van der Waals surface area contributed by atoms with E-state index in [1.165, 1.54) is 28.8 Å². The van der Waals surface area contributed by atoms with Crippen LogP contribution in [0.4, 0.5) is 14.6 Å². The largest absolute Gasteiger partial charge is 0.507 e. The van der Waals surface area contributed by atoms with Crippen LogP contribution in [0.2, 0.25) is 0 Å². The van der Waals surface area contributed by atoms with Gasteiger partial charge in [0.25, 0.3) is 0 Å². The van der Waals surface area contributed by atoms with Gasteiger partial charge in [0.2, 0.25) is 15.9 Å². The monoisotopic (exact) mass is 747 g/mol. The summed E-state index contributed by atoms with van der Waals surface area (Å²) in [4.78, 5) is 44.1. The molecule has 6 rings (SSSR count). The van der Waals surface area contributed by atoms with Crippen molar-refractivity contribution in [2.24, 2.45) is 5.14 Å². The van der Waals surface area contributed by atoms with Gasteiger partial charge in [-0.05, 0) is 60.4 Å². The molecule has 278 valence electrons. The Kier molecular flexibility index (Phi) is 10.6. The molecule has 1 unspecified atom stereocenters. The number of hydrogen-bond donors (Lipinski definition) is 2. The van der Waals surface area contributed by atoms with Gasteiger partial charge in [-0.2, -0.15) is 4.98 Å². The fourth-order valence-corrected chi connectivity index (χ4v) is 7.17. The van der Waals surface area contributed by atoms with Crippen LogP contribution in [0.25, 0.3) is 28.0 Å². The zero-order chi connectivity index (χ0) is 38.2. The van der Waals surface area contributed by atoms with E-state index in [-0.39, 0.29) is 72.8 Å². The zero-order valence-corrected chi connectivity index (χ0v) is 30.4. The standard InChI is InChI=1S/C37H39F2N7O6S/c1-5-30(48)44-14-15-45(24(18-44)20-52-19-23-8-6-9-25(16-23)53(40,50)51)35-26-17-28(39)33(31-27(38)10-7-11-29(31)47)42-36(26)46(37(49)43-35)34-22(4)12-13-41-32(34)21(2)3/h6-13,16-17,21,24,47H,5,14-15,18-20H2,1-4H3,(H2,40,50,51). The van der Waals surface area contributed by atoms with Crippen LogP contribution in [0.3, 0.4) is 0 Å². The molecule has 0 radical (unpaired) electrons. The Labute approximate surface area is 304 Å². The van der Waals surface area contributed by atoms with Crippen molar-refractivity contribution in [1.29, 1.82) is 0 Å². The van der Waals surface area contributed by atoms with Gasteiger partial charge in [-0.25, -0.2) is 36.7 Å². The number of rotatable bonds is 10. The number of carbonyl (C=O) groups is 1. The minimum Gasteiger partial charge on any atom is -0.507 e. The lowest BCUT2D eigenvalue weighted by Gasteiger charge is -2.42. The van der Waals surface area contributed by atoms with Crippen LogP contribution in [-0.2, 0) is 26.2 Å². The number of aryl methyl sites for hydroxylation is 1. The Bertz CT molecular complexity index is 2370. The Hall–Kier alpha value is -5.32. The van der Waals surface area contributed by atoms with Gasteiger partial charge in [0, 0.05) is 32.3 Å². The number of anilines is 1. The van der Waals surface area contributed by atoms with Crippen LogP contribution in [-0.4, -0.2) is 76.1 Å². The number of carbonyl (C=O) groups excluding carboxylic acids is 1. The van der Waals surface area contributed by atoms with Gasteiger partial charge in [-0.3, -0.25) is 9.78 Å². The molecule has 0 aliphatic carbocycles. The number of ether oxygens (including phenoxy) is 1. The summed E-state index contributed by atoms with van der Waals surface area (Å²) in [5.41, 5.74) is 0.338. The summed E-state index contributed by atoms with van der Waals surface area (Å²) in [6, 6.07) is 11.8. The summed E-state index contributed by atoms with van der Waals surface area (Å²) < 4.78 is 62.5. The Morgan fingerprint density at radius 2 is 1.83 bits per heavy atom. The van der Waals surface area contributed by atoms with Crippen LogP contribution < -0.4 is 15.7 Å². The lowest BCUT2D eigenvalue weighted by Crippen LogP contribution is -2.57. The molecule has 3 N–H and O–H groups in total. The van der Waals surface area contributed by atoms with Crippen molar-refractivity contribution in [1.82, 2.24) is 24.4 Å². The molecule has 13 nitrogen and oxygen atoms in total. The van der Waals surface area contributed by atoms with E-state index in [1.54, 1.807) is 48.0 Å². The molecule has 16 heteroatoms. The first kappa shape index (κ1) is 37.4. The van der Waals surface area contributed by atoms with E-state index < -0.39 is 50.4 Å². The van der Waals surface area contributed by atoms with E-state index in [1.807, 2.05) is 13.8 Å². The number of benzene rings is 2. The first-order valence-electron chi connectivity index (χ1n) is 17.0. The first-order chi connectivity index (χ1) is 25.2. The number of aromatic hydroxyl groups is 1. The second-order valence-corrected chi connectivity index (χ2v) is 14.7. The number of nitrogens with two attached hydrogens (primary N) is 1. The first-order valence-corrected chi connectivity index (χ1v) is 18.5. The molecular weight excluding hydrogens is 709 g/mol. The quantitative estimate of drug-likeness (QED) is 0.206. The lowest BCUT2D eigenvalue weighted by atomic mass is 10.0. The molecule has 1 atom stereocenters. The molecule has 1 fully saturated rings. The molecule has 2 aromatic carbocycles. The molecule has 3 aromatic heterocycles. The number of halogens is 2. The molecule has 0 saturated carbocycles. The molecule has 1 aliphatic rings. The highest BCUT2D eigenvalue weighted by Crippen LogP contribution is 2.37. The SMILES string of the molecule is CCC(=O)N1CCN(c2nc(=O)n(-c3c(C)ccnc3C(C)C)c3nc(-c4c(O)cccc4F)c(F)cc23)C(COCc2cccc(S(N)(=O)=O)c2)C1. The maximum Gasteiger partial charge on any atom is 0.355 e. The number of sulfonamides is 1. The number of fused-ring (bicyclic) bond motifs is 1. The predicted molar refractivity (Wildman–Crippen MR) is 194 cm³/mol. The lowest BCUT2D eigenvalue weighted by molar-refractivity contribution is -0.132. The molecule has 5 aromatic rings. The average molecular weight is 748 g/mol. The van der Waals surface area contributed by atoms with Crippen molar-refractivity contribution < 1.29 is 31.8 Å². The average Bonchev–Trinajstić information content (AvgIpc) is 3.11. The minimum atomic E-state index is -3.95. The van der Waals surface area contributed by atoms with Gasteiger partial charge in [0.1, 0.15) is 23.1 Å². The second-order valence-electron chi connectivity index (χ2n) is 13.1. The number of phenols is 1. The third-order valence-electron chi connectivity index (χ3n) is 9.17. The van der Waals surface area contributed by atoms with Crippen molar-refractivity contribution >= 4 is 32.8 Å². The number of amides is 1. The van der Waals surface area contributed by atoms with Crippen molar-refractivity contribution in [3.63, 3.8) is 0 Å². The maximum absolute atomic E-state index is 16.2. The normalized spacial score (nSPS) is 15.1. The van der Waals surface area contributed by atoms with Gasteiger partial charge < -0.3 is 19.6 Å². The molecule has 53 heavy (non-hydrogen) atoms. The van der Waals surface area contributed by atoms with Crippen molar-refractivity contribution in [3.05, 3.63) is 99.7 Å². The van der Waals surface area contributed by atoms with Crippen molar-refractivity contribution in [3.8, 4) is 22.7 Å². The molecule has 1 amide bonds. The number of piperazine rings is 1. The number of phenolic OH excluding ortho intramolecular Hbond substituents is 1. The summed E-state index contributed by atoms with van der Waals surface area (Å²) in [5.74, 6) is -2.61. The van der Waals surface area contributed by atoms with Crippen molar-refractivity contribution in [2.45, 2.75) is 57.6 Å². The van der Waals surface area contributed by atoms with E-state index in [0.29, 0.717) is 22.5 Å². The van der Waals surface area contributed by atoms with Gasteiger partial charge >= 0.3 is 5.69 Å². The second kappa shape index (κ2) is 15.0. The zero-order valence-electron chi connectivity index (χ0n) is 29.6. The summed E-state index contributed by atoms with van der Waals surface area (Å²) in [7, 11) is -3.95. The number of pyridine rings is 2. The highest BCUT2D eigenvalue weighted by molar-refractivity contribution is 7.89. The summed E-state index contributed by atoms with van der Waals surface area (Å²) in [6.07, 6.45) is 1.88. The molecular formula is C37H39F2N7O6S. The molecule has 1 saturated heterocycles. The van der Waals surface area contributed by atoms with Gasteiger partial charge in [0.15, 0.2) is 11.5 Å². The third-order valence-corrected chi connectivity index (χ3v) is 10.1. The summed E-state index contributed by atoms with van der Waals surface area (Å²) in [5, 5.41) is 16.0. The van der Waals surface area contributed by atoms with E-state index in [0.717, 1.165) is 12.1 Å². The fourth-order valence-electron chi connectivity index (χ4n) is 6.59. The minimum absolute atomic E-state index is 0.00431. The van der Waals surface area contributed by atoms with Crippen LogP contribution in [0.5, 0.6) is 5.75 Å². The predicted octanol–water partition coefficient (Wildman–Crippen LogP) is 4.55. The van der Waals surface area contributed by atoms with Crippen LogP contribution in [0.15, 0.2) is 70.5 Å². The number of aromatic nitrogens is 4.